The van der Waals surface area contributed by atoms with Gasteiger partial charge in [-0.1, -0.05) is 77.8 Å². The van der Waals surface area contributed by atoms with Gasteiger partial charge in [-0.15, -0.1) is 0 Å². The number of nitrogens with two attached hydrogens (primary N) is 1. The number of nitrogens with zero attached hydrogens (tertiary/aromatic N) is 4. The fourth-order valence-corrected chi connectivity index (χ4v) is 4.64. The van der Waals surface area contributed by atoms with Crippen molar-refractivity contribution in [3.63, 3.8) is 0 Å². The lowest BCUT2D eigenvalue weighted by molar-refractivity contribution is -0.122. The summed E-state index contributed by atoms with van der Waals surface area (Å²) in [5.74, 6) is -1.18. The van der Waals surface area contributed by atoms with Gasteiger partial charge in [0.15, 0.2) is 5.82 Å². The Hall–Kier alpha value is -4.47. The Morgan fingerprint density at radius 3 is 2.29 bits per heavy atom. The molecule has 1 aliphatic heterocycles. The zero-order valence-corrected chi connectivity index (χ0v) is 24.4. The van der Waals surface area contributed by atoms with E-state index in [9.17, 15) is 9.59 Å². The number of anilines is 1. The van der Waals surface area contributed by atoms with Crippen LogP contribution >= 0.6 is 23.2 Å². The van der Waals surface area contributed by atoms with Crippen LogP contribution in [0.1, 0.15) is 46.8 Å². The maximum atomic E-state index is 13.5. The molecule has 0 saturated heterocycles. The highest BCUT2D eigenvalue weighted by atomic mass is 35.5. The van der Waals surface area contributed by atoms with Crippen LogP contribution in [-0.4, -0.2) is 39.6 Å². The summed E-state index contributed by atoms with van der Waals surface area (Å²) >= 11 is 12.2. The summed E-state index contributed by atoms with van der Waals surface area (Å²) in [4.78, 5) is 34.3. The van der Waals surface area contributed by atoms with Gasteiger partial charge < -0.3 is 15.8 Å². The molecule has 11 heteroatoms. The van der Waals surface area contributed by atoms with E-state index >= 15 is 0 Å². The van der Waals surface area contributed by atoms with Crippen molar-refractivity contribution in [2.24, 2.45) is 10.8 Å². The number of rotatable bonds is 9. The molecule has 42 heavy (non-hydrogen) atoms. The minimum atomic E-state index is -1.31. The molecule has 3 aromatic carbocycles. The molecular formula is C31H28Cl2N6O3. The number of primary amides is 1. The Bertz CT molecular complexity index is 1630. The number of aromatic nitrogens is 2. The van der Waals surface area contributed by atoms with Crippen LogP contribution in [0, 0.1) is 0 Å². The number of nitrogens with one attached hydrogen (secondary N) is 1. The average Bonchev–Trinajstić information content (AvgIpc) is 3.43. The van der Waals surface area contributed by atoms with Gasteiger partial charge in [0.1, 0.15) is 17.7 Å². The first-order valence-electron chi connectivity index (χ1n) is 13.1. The van der Waals surface area contributed by atoms with E-state index in [1.807, 2.05) is 66.7 Å². The topological polar surface area (TPSA) is 123 Å². The Morgan fingerprint density at radius 1 is 1.00 bits per heavy atom. The predicted octanol–water partition coefficient (Wildman–Crippen LogP) is 5.36. The number of hydrogen-bond donors (Lipinski definition) is 2. The van der Waals surface area contributed by atoms with Crippen molar-refractivity contribution in [2.75, 3.05) is 11.6 Å². The SMILES string of the molecule is CC(C)(NC(=O)c1cnc(OCc2ccc(Cl)cc2)nc1N1CC(c2ccccc2)C(c2ccc(Cl)cc2)=N1)C(N)=O. The van der Waals surface area contributed by atoms with Crippen molar-refractivity contribution in [3.8, 4) is 6.01 Å². The number of amides is 2. The maximum absolute atomic E-state index is 13.5. The van der Waals surface area contributed by atoms with Crippen LogP contribution in [0.2, 0.25) is 10.0 Å². The molecule has 0 fully saturated rings. The van der Waals surface area contributed by atoms with E-state index < -0.39 is 17.4 Å². The molecule has 0 aliphatic carbocycles. The van der Waals surface area contributed by atoms with Gasteiger partial charge in [0.05, 0.1) is 12.3 Å². The molecule has 4 aromatic rings. The van der Waals surface area contributed by atoms with E-state index in [-0.39, 0.29) is 29.9 Å². The summed E-state index contributed by atoms with van der Waals surface area (Å²) in [6.07, 6.45) is 1.36. The Morgan fingerprint density at radius 2 is 1.64 bits per heavy atom. The van der Waals surface area contributed by atoms with Crippen LogP contribution in [0.25, 0.3) is 0 Å². The average molecular weight is 604 g/mol. The largest absolute Gasteiger partial charge is 0.459 e. The van der Waals surface area contributed by atoms with Gasteiger partial charge in [-0.25, -0.2) is 9.99 Å². The molecule has 1 aliphatic rings. The van der Waals surface area contributed by atoms with Crippen molar-refractivity contribution < 1.29 is 14.3 Å². The molecule has 0 saturated carbocycles. The number of carbonyl (C=O) groups excluding carboxylic acids is 2. The molecule has 9 nitrogen and oxygen atoms in total. The van der Waals surface area contributed by atoms with Gasteiger partial charge in [-0.3, -0.25) is 9.59 Å². The predicted molar refractivity (Wildman–Crippen MR) is 163 cm³/mol. The van der Waals surface area contributed by atoms with Crippen LogP contribution in [0.5, 0.6) is 6.01 Å². The van der Waals surface area contributed by atoms with Gasteiger partial charge in [0, 0.05) is 22.2 Å². The molecule has 1 atom stereocenters. The number of ether oxygens (including phenoxy) is 1. The number of benzene rings is 3. The van der Waals surface area contributed by atoms with Crippen molar-refractivity contribution in [2.45, 2.75) is 31.9 Å². The second-order valence-corrected chi connectivity index (χ2v) is 11.2. The van der Waals surface area contributed by atoms with E-state index in [0.717, 1.165) is 22.4 Å². The van der Waals surface area contributed by atoms with Crippen molar-refractivity contribution in [3.05, 3.63) is 117 Å². The third-order valence-corrected chi connectivity index (χ3v) is 7.32. The van der Waals surface area contributed by atoms with Crippen LogP contribution < -0.4 is 20.8 Å². The summed E-state index contributed by atoms with van der Waals surface area (Å²) in [5.41, 5.74) is 7.87. The quantitative estimate of drug-likeness (QED) is 0.266. The monoisotopic (exact) mass is 602 g/mol. The summed E-state index contributed by atoms with van der Waals surface area (Å²) in [7, 11) is 0. The number of halogens is 2. The maximum Gasteiger partial charge on any atom is 0.318 e. The Labute approximate surface area is 253 Å². The van der Waals surface area contributed by atoms with Crippen molar-refractivity contribution in [1.82, 2.24) is 15.3 Å². The van der Waals surface area contributed by atoms with Crippen LogP contribution in [0.4, 0.5) is 5.82 Å². The third kappa shape index (κ3) is 6.53. The van der Waals surface area contributed by atoms with Crippen LogP contribution in [0.3, 0.4) is 0 Å². The number of hydrazone groups is 1. The molecule has 5 rings (SSSR count). The van der Waals surface area contributed by atoms with Crippen molar-refractivity contribution >= 4 is 46.5 Å². The minimum Gasteiger partial charge on any atom is -0.459 e. The summed E-state index contributed by atoms with van der Waals surface area (Å²) < 4.78 is 5.88. The number of carbonyl (C=O) groups is 2. The molecule has 0 bridgehead atoms. The lowest BCUT2D eigenvalue weighted by Crippen LogP contribution is -2.53. The molecule has 1 aromatic heterocycles. The highest BCUT2D eigenvalue weighted by molar-refractivity contribution is 6.31. The lowest BCUT2D eigenvalue weighted by Gasteiger charge is -2.24. The summed E-state index contributed by atoms with van der Waals surface area (Å²) in [6, 6.07) is 24.6. The standard InChI is InChI=1S/C31H28Cl2N6O3/c1-31(2,29(34)41)37-28(40)24-16-35-30(42-18-19-8-12-22(32)13-9-19)36-27(24)39-17-25(20-6-4-3-5-7-20)26(38-39)21-10-14-23(33)15-11-21/h3-16,25H,17-18H2,1-2H3,(H2,34,41)(H,37,40). The fourth-order valence-electron chi connectivity index (χ4n) is 4.39. The van der Waals surface area contributed by atoms with E-state index in [1.54, 1.807) is 17.1 Å². The highest BCUT2D eigenvalue weighted by Gasteiger charge is 2.35. The van der Waals surface area contributed by atoms with Gasteiger partial charge >= 0.3 is 6.01 Å². The zero-order chi connectivity index (χ0) is 29.9. The second-order valence-electron chi connectivity index (χ2n) is 10.3. The minimum absolute atomic E-state index is 0.0528. The summed E-state index contributed by atoms with van der Waals surface area (Å²) in [5, 5.41) is 10.5. The third-order valence-electron chi connectivity index (χ3n) is 6.81. The molecular weight excluding hydrogens is 575 g/mol. The van der Waals surface area contributed by atoms with Gasteiger partial charge in [-0.05, 0) is 54.8 Å². The zero-order valence-electron chi connectivity index (χ0n) is 22.9. The molecule has 1 unspecified atom stereocenters. The lowest BCUT2D eigenvalue weighted by atomic mass is 9.90. The second kappa shape index (κ2) is 12.2. The Kier molecular flexibility index (Phi) is 8.42. The smallest absolute Gasteiger partial charge is 0.318 e. The van der Waals surface area contributed by atoms with E-state index in [0.29, 0.717) is 16.6 Å². The molecule has 3 N–H and O–H groups in total. The van der Waals surface area contributed by atoms with E-state index in [4.69, 9.17) is 38.8 Å². The van der Waals surface area contributed by atoms with Crippen molar-refractivity contribution in [1.29, 1.82) is 0 Å². The highest BCUT2D eigenvalue weighted by Crippen LogP contribution is 2.33. The molecule has 2 amide bonds. The van der Waals surface area contributed by atoms with Crippen LogP contribution in [0.15, 0.2) is 90.2 Å². The number of hydrogen-bond acceptors (Lipinski definition) is 7. The van der Waals surface area contributed by atoms with E-state index in [1.165, 1.54) is 20.0 Å². The van der Waals surface area contributed by atoms with Crippen LogP contribution in [-0.2, 0) is 11.4 Å². The van der Waals surface area contributed by atoms with Gasteiger partial charge in [-0.2, -0.15) is 10.1 Å². The summed E-state index contributed by atoms with van der Waals surface area (Å²) in [6.45, 7) is 3.61. The van der Waals surface area contributed by atoms with E-state index in [2.05, 4.69) is 15.3 Å². The first kappa shape index (κ1) is 29.0. The van der Waals surface area contributed by atoms with Gasteiger partial charge in [0.2, 0.25) is 5.91 Å². The first-order valence-corrected chi connectivity index (χ1v) is 13.9. The molecule has 214 valence electrons. The molecule has 0 radical (unpaired) electrons. The van der Waals surface area contributed by atoms with Gasteiger partial charge in [0.25, 0.3) is 5.91 Å². The molecule has 0 spiro atoms. The molecule has 2 heterocycles. The Balaban J connectivity index is 1.54. The first-order chi connectivity index (χ1) is 20.1. The normalized spacial score (nSPS) is 14.8. The fraction of sp³-hybridized carbons (Fsp3) is 0.194.